The van der Waals surface area contributed by atoms with E-state index in [0.29, 0.717) is 17.9 Å². The van der Waals surface area contributed by atoms with Gasteiger partial charge in [0, 0.05) is 6.20 Å². The fourth-order valence-electron chi connectivity index (χ4n) is 1.55. The lowest BCUT2D eigenvalue weighted by molar-refractivity contribution is 0.0694. The van der Waals surface area contributed by atoms with Crippen LogP contribution in [-0.2, 0) is 6.42 Å². The summed E-state index contributed by atoms with van der Waals surface area (Å²) in [6.07, 6.45) is 2.92. The first-order valence-electron chi connectivity index (χ1n) is 5.35. The van der Waals surface area contributed by atoms with Crippen LogP contribution in [0, 0.1) is 0 Å². The van der Waals surface area contributed by atoms with Gasteiger partial charge in [0.15, 0.2) is 5.82 Å². The van der Waals surface area contributed by atoms with E-state index in [9.17, 15) is 4.79 Å². The smallest absolute Gasteiger partial charge is 0.339 e. The van der Waals surface area contributed by atoms with Gasteiger partial charge in [0.2, 0.25) is 0 Å². The van der Waals surface area contributed by atoms with Crippen molar-refractivity contribution in [3.8, 4) is 10.7 Å². The number of carbonyl (C=O) groups is 1. The molecule has 0 aliphatic heterocycles. The average Bonchev–Trinajstić information content (AvgIpc) is 2.82. The summed E-state index contributed by atoms with van der Waals surface area (Å²) in [6, 6.07) is 3.85. The molecule has 0 aromatic carbocycles. The van der Waals surface area contributed by atoms with E-state index in [1.807, 2.05) is 24.4 Å². The number of nitrogens with zero attached hydrogens (tertiary/aromatic N) is 2. The van der Waals surface area contributed by atoms with Crippen molar-refractivity contribution in [1.82, 2.24) is 9.97 Å². The van der Waals surface area contributed by atoms with Gasteiger partial charge >= 0.3 is 5.97 Å². The minimum absolute atomic E-state index is 0.201. The average molecular weight is 248 g/mol. The van der Waals surface area contributed by atoms with Crippen LogP contribution < -0.4 is 0 Å². The number of rotatable bonds is 4. The lowest BCUT2D eigenvalue weighted by Gasteiger charge is -2.05. The summed E-state index contributed by atoms with van der Waals surface area (Å²) in [5.74, 6) is -0.361. The van der Waals surface area contributed by atoms with E-state index < -0.39 is 5.97 Å². The molecule has 0 aliphatic rings. The quantitative estimate of drug-likeness (QED) is 0.903. The molecule has 2 rings (SSSR count). The van der Waals surface area contributed by atoms with Gasteiger partial charge in [-0.2, -0.15) is 0 Å². The highest BCUT2D eigenvalue weighted by molar-refractivity contribution is 7.13. The highest BCUT2D eigenvalue weighted by Crippen LogP contribution is 2.22. The Kier molecular flexibility index (Phi) is 3.49. The van der Waals surface area contributed by atoms with E-state index in [0.717, 1.165) is 11.3 Å². The Hall–Kier alpha value is -1.75. The number of carboxylic acids is 1. The zero-order chi connectivity index (χ0) is 12.3. The van der Waals surface area contributed by atoms with Crippen molar-refractivity contribution in [3.05, 3.63) is 35.0 Å². The van der Waals surface area contributed by atoms with Crippen molar-refractivity contribution in [2.75, 3.05) is 0 Å². The maximum absolute atomic E-state index is 11.0. The van der Waals surface area contributed by atoms with Crippen LogP contribution in [0.25, 0.3) is 10.7 Å². The molecule has 0 saturated carbocycles. The van der Waals surface area contributed by atoms with Gasteiger partial charge in [0.05, 0.1) is 16.1 Å². The second-order valence-electron chi connectivity index (χ2n) is 3.59. The summed E-state index contributed by atoms with van der Waals surface area (Å²) in [5, 5.41) is 11.0. The van der Waals surface area contributed by atoms with Gasteiger partial charge < -0.3 is 5.11 Å². The minimum Gasteiger partial charge on any atom is -0.478 e. The van der Waals surface area contributed by atoms with Crippen LogP contribution in [0.4, 0.5) is 0 Å². The number of aromatic carboxylic acids is 1. The molecule has 0 fully saturated rings. The predicted molar refractivity (Wildman–Crippen MR) is 66.3 cm³/mol. The highest BCUT2D eigenvalue weighted by Gasteiger charge is 2.13. The number of aryl methyl sites for hydroxylation is 1. The van der Waals surface area contributed by atoms with E-state index in [1.54, 1.807) is 11.3 Å². The molecule has 1 N–H and O–H groups in total. The fraction of sp³-hybridized carbons (Fsp3) is 0.250. The molecule has 2 heterocycles. The highest BCUT2D eigenvalue weighted by atomic mass is 32.1. The van der Waals surface area contributed by atoms with Gasteiger partial charge in [0.1, 0.15) is 0 Å². The molecular weight excluding hydrogens is 236 g/mol. The molecular formula is C12H12N2O2S. The minimum atomic E-state index is -0.967. The van der Waals surface area contributed by atoms with Crippen LogP contribution in [0.5, 0.6) is 0 Å². The van der Waals surface area contributed by atoms with Gasteiger partial charge in [0.25, 0.3) is 0 Å². The van der Waals surface area contributed by atoms with Crippen LogP contribution in [0.15, 0.2) is 23.7 Å². The molecule has 0 bridgehead atoms. The lowest BCUT2D eigenvalue weighted by Crippen LogP contribution is -2.07. The molecule has 0 unspecified atom stereocenters. The summed E-state index contributed by atoms with van der Waals surface area (Å²) in [4.78, 5) is 20.4. The monoisotopic (exact) mass is 248 g/mol. The number of carboxylic acid groups (broad SMARTS) is 1. The molecule has 5 heteroatoms. The van der Waals surface area contributed by atoms with Crippen molar-refractivity contribution >= 4 is 17.3 Å². The van der Waals surface area contributed by atoms with E-state index in [1.165, 1.54) is 6.20 Å². The molecule has 0 amide bonds. The maximum atomic E-state index is 11.0. The standard InChI is InChI=1S/C12H12N2O2S/c1-2-4-9-8(12(15)16)7-13-11(14-9)10-5-3-6-17-10/h3,5-7H,2,4H2,1H3,(H,15,16). The number of hydrogen-bond donors (Lipinski definition) is 1. The summed E-state index contributed by atoms with van der Waals surface area (Å²) in [6.45, 7) is 2.00. The van der Waals surface area contributed by atoms with Crippen molar-refractivity contribution in [1.29, 1.82) is 0 Å². The SMILES string of the molecule is CCCc1nc(-c2cccs2)ncc1C(=O)O. The third-order valence-corrected chi connectivity index (χ3v) is 3.19. The Labute approximate surface area is 103 Å². The molecule has 0 radical (unpaired) electrons. The van der Waals surface area contributed by atoms with E-state index in [4.69, 9.17) is 5.11 Å². The topological polar surface area (TPSA) is 63.1 Å². The molecule has 4 nitrogen and oxygen atoms in total. The van der Waals surface area contributed by atoms with E-state index in [-0.39, 0.29) is 5.56 Å². The largest absolute Gasteiger partial charge is 0.478 e. The zero-order valence-electron chi connectivity index (χ0n) is 9.38. The van der Waals surface area contributed by atoms with Crippen molar-refractivity contribution in [3.63, 3.8) is 0 Å². The van der Waals surface area contributed by atoms with E-state index in [2.05, 4.69) is 9.97 Å². The van der Waals surface area contributed by atoms with Crippen LogP contribution in [0.3, 0.4) is 0 Å². The van der Waals surface area contributed by atoms with Gasteiger partial charge in [-0.25, -0.2) is 14.8 Å². The number of thiophene rings is 1. The van der Waals surface area contributed by atoms with Crippen molar-refractivity contribution < 1.29 is 9.90 Å². The van der Waals surface area contributed by atoms with Crippen LogP contribution >= 0.6 is 11.3 Å². The fourth-order valence-corrected chi connectivity index (χ4v) is 2.21. The second kappa shape index (κ2) is 5.05. The molecule has 0 atom stereocenters. The Balaban J connectivity index is 2.45. The predicted octanol–water partition coefficient (Wildman–Crippen LogP) is 2.86. The van der Waals surface area contributed by atoms with Crippen molar-refractivity contribution in [2.24, 2.45) is 0 Å². The third-order valence-electron chi connectivity index (χ3n) is 2.33. The van der Waals surface area contributed by atoms with Gasteiger partial charge in [-0.3, -0.25) is 0 Å². The first-order valence-corrected chi connectivity index (χ1v) is 6.23. The maximum Gasteiger partial charge on any atom is 0.339 e. The summed E-state index contributed by atoms with van der Waals surface area (Å²) in [7, 11) is 0. The molecule has 0 saturated heterocycles. The first-order chi connectivity index (χ1) is 8.22. The zero-order valence-corrected chi connectivity index (χ0v) is 10.2. The molecule has 0 aliphatic carbocycles. The Morgan fingerprint density at radius 3 is 2.94 bits per heavy atom. The number of aromatic nitrogens is 2. The summed E-state index contributed by atoms with van der Waals surface area (Å²) >= 11 is 1.54. The van der Waals surface area contributed by atoms with Crippen LogP contribution in [-0.4, -0.2) is 21.0 Å². The first kappa shape index (κ1) is 11.7. The Morgan fingerprint density at radius 1 is 1.53 bits per heavy atom. The van der Waals surface area contributed by atoms with Gasteiger partial charge in [-0.1, -0.05) is 19.4 Å². The molecule has 0 spiro atoms. The summed E-state index contributed by atoms with van der Waals surface area (Å²) < 4.78 is 0. The van der Waals surface area contributed by atoms with Crippen molar-refractivity contribution in [2.45, 2.75) is 19.8 Å². The van der Waals surface area contributed by atoms with Crippen LogP contribution in [0.2, 0.25) is 0 Å². The van der Waals surface area contributed by atoms with Gasteiger partial charge in [-0.05, 0) is 17.9 Å². The summed E-state index contributed by atoms with van der Waals surface area (Å²) in [5.41, 5.74) is 0.811. The Morgan fingerprint density at radius 2 is 2.35 bits per heavy atom. The Bertz CT molecular complexity index is 523. The van der Waals surface area contributed by atoms with Crippen LogP contribution in [0.1, 0.15) is 29.4 Å². The number of hydrogen-bond acceptors (Lipinski definition) is 4. The normalized spacial score (nSPS) is 10.4. The molecule has 2 aromatic rings. The van der Waals surface area contributed by atoms with E-state index >= 15 is 0 Å². The molecule has 2 aromatic heterocycles. The third kappa shape index (κ3) is 2.50. The van der Waals surface area contributed by atoms with Gasteiger partial charge in [-0.15, -0.1) is 11.3 Å². The molecule has 17 heavy (non-hydrogen) atoms. The second-order valence-corrected chi connectivity index (χ2v) is 4.53. The molecule has 88 valence electrons. The lowest BCUT2D eigenvalue weighted by atomic mass is 10.1.